The van der Waals surface area contributed by atoms with Gasteiger partial charge < -0.3 is 4.74 Å². The Morgan fingerprint density at radius 3 is 2.58 bits per heavy atom. The lowest BCUT2D eigenvalue weighted by Gasteiger charge is -2.07. The highest BCUT2D eigenvalue weighted by molar-refractivity contribution is 9.10. The summed E-state index contributed by atoms with van der Waals surface area (Å²) in [5.74, 6) is 0.818. The molecule has 3 aromatic carbocycles. The lowest BCUT2D eigenvalue weighted by Crippen LogP contribution is -1.96. The molecule has 3 nitrogen and oxygen atoms in total. The minimum absolute atomic E-state index is 0.530. The normalized spacial score (nSPS) is 10.7. The Morgan fingerprint density at radius 2 is 1.75 bits per heavy atom. The number of anilines is 1. The zero-order chi connectivity index (χ0) is 16.6. The molecule has 1 N–H and O–H groups in total. The van der Waals surface area contributed by atoms with Gasteiger partial charge in [0.25, 0.3) is 0 Å². The molecular formula is C20H17BrN2O. The highest BCUT2D eigenvalue weighted by atomic mass is 79.9. The van der Waals surface area contributed by atoms with Gasteiger partial charge in [-0.2, -0.15) is 5.10 Å². The molecule has 3 aromatic rings. The van der Waals surface area contributed by atoms with Crippen molar-refractivity contribution in [3.8, 4) is 5.75 Å². The number of ether oxygens (including phenoxy) is 1. The van der Waals surface area contributed by atoms with Crippen molar-refractivity contribution in [2.24, 2.45) is 5.10 Å². The van der Waals surface area contributed by atoms with E-state index in [2.05, 4.69) is 32.5 Å². The van der Waals surface area contributed by atoms with Gasteiger partial charge in [-0.3, -0.25) is 5.43 Å². The van der Waals surface area contributed by atoms with E-state index in [9.17, 15) is 0 Å². The van der Waals surface area contributed by atoms with E-state index in [-0.39, 0.29) is 0 Å². The summed E-state index contributed by atoms with van der Waals surface area (Å²) in [6, 6.07) is 25.8. The van der Waals surface area contributed by atoms with Crippen molar-refractivity contribution in [2.75, 3.05) is 5.43 Å². The van der Waals surface area contributed by atoms with Gasteiger partial charge in [0, 0.05) is 4.47 Å². The number of nitrogens with zero attached hydrogens (tertiary/aromatic N) is 1. The number of hydrazone groups is 1. The van der Waals surface area contributed by atoms with Crippen LogP contribution in [0.3, 0.4) is 0 Å². The van der Waals surface area contributed by atoms with Crippen LogP contribution in [0.15, 0.2) is 88.4 Å². The molecule has 0 aromatic heterocycles. The Morgan fingerprint density at radius 1 is 0.917 bits per heavy atom. The molecule has 0 unspecified atom stereocenters. The standard InChI is InChI=1S/C20H17BrN2O/c21-18-8-4-7-17(12-18)15-24-20-11-5-6-16(13-20)14-22-23-19-9-2-1-3-10-19/h1-14,23H,15H2. The van der Waals surface area contributed by atoms with Crippen molar-refractivity contribution in [3.63, 3.8) is 0 Å². The highest BCUT2D eigenvalue weighted by Gasteiger charge is 1.98. The number of halogens is 1. The lowest BCUT2D eigenvalue weighted by atomic mass is 10.2. The number of rotatable bonds is 6. The summed E-state index contributed by atoms with van der Waals surface area (Å²) in [7, 11) is 0. The first-order valence-electron chi connectivity index (χ1n) is 7.61. The minimum Gasteiger partial charge on any atom is -0.489 e. The predicted octanol–water partition coefficient (Wildman–Crippen LogP) is 5.47. The van der Waals surface area contributed by atoms with Crippen LogP contribution < -0.4 is 10.2 Å². The SMILES string of the molecule is Brc1cccc(COc2cccc(C=NNc3ccccc3)c2)c1. The molecule has 0 atom stereocenters. The molecule has 0 radical (unpaired) electrons. The Bertz CT molecular complexity index is 819. The van der Waals surface area contributed by atoms with Crippen LogP contribution in [-0.2, 0) is 6.61 Å². The monoisotopic (exact) mass is 380 g/mol. The maximum Gasteiger partial charge on any atom is 0.120 e. The van der Waals surface area contributed by atoms with Crippen LogP contribution in [-0.4, -0.2) is 6.21 Å². The summed E-state index contributed by atoms with van der Waals surface area (Å²) < 4.78 is 6.90. The molecule has 0 aliphatic carbocycles. The van der Waals surface area contributed by atoms with Gasteiger partial charge in [0.05, 0.1) is 11.9 Å². The molecule has 0 fully saturated rings. The first-order chi connectivity index (χ1) is 11.8. The zero-order valence-electron chi connectivity index (χ0n) is 13.0. The molecule has 0 amide bonds. The van der Waals surface area contributed by atoms with Gasteiger partial charge in [-0.15, -0.1) is 0 Å². The summed E-state index contributed by atoms with van der Waals surface area (Å²) in [4.78, 5) is 0. The fourth-order valence-electron chi connectivity index (χ4n) is 2.17. The first kappa shape index (κ1) is 16.3. The van der Waals surface area contributed by atoms with E-state index in [0.29, 0.717) is 6.61 Å². The average molecular weight is 381 g/mol. The van der Waals surface area contributed by atoms with Crippen LogP contribution in [0.2, 0.25) is 0 Å². The van der Waals surface area contributed by atoms with Crippen LogP contribution >= 0.6 is 15.9 Å². The summed E-state index contributed by atoms with van der Waals surface area (Å²) in [5, 5.41) is 4.25. The molecular weight excluding hydrogens is 364 g/mol. The molecule has 0 saturated carbocycles. The number of benzene rings is 3. The Kier molecular flexibility index (Phi) is 5.64. The molecule has 0 spiro atoms. The molecule has 0 heterocycles. The van der Waals surface area contributed by atoms with Gasteiger partial charge in [0.1, 0.15) is 12.4 Å². The summed E-state index contributed by atoms with van der Waals surface area (Å²) >= 11 is 3.47. The lowest BCUT2D eigenvalue weighted by molar-refractivity contribution is 0.306. The van der Waals surface area contributed by atoms with E-state index in [0.717, 1.165) is 27.0 Å². The molecule has 3 rings (SSSR count). The third-order valence-electron chi connectivity index (χ3n) is 3.33. The second kappa shape index (κ2) is 8.31. The molecule has 0 bridgehead atoms. The first-order valence-corrected chi connectivity index (χ1v) is 8.40. The van der Waals surface area contributed by atoms with Gasteiger partial charge in [-0.05, 0) is 47.5 Å². The van der Waals surface area contributed by atoms with Crippen LogP contribution in [0.4, 0.5) is 5.69 Å². The zero-order valence-corrected chi connectivity index (χ0v) is 14.6. The van der Waals surface area contributed by atoms with Crippen molar-refractivity contribution in [1.82, 2.24) is 0 Å². The largest absolute Gasteiger partial charge is 0.489 e. The van der Waals surface area contributed by atoms with Crippen LogP contribution in [0.1, 0.15) is 11.1 Å². The van der Waals surface area contributed by atoms with Gasteiger partial charge in [0.15, 0.2) is 0 Å². The molecule has 0 aliphatic heterocycles. The molecule has 0 saturated heterocycles. The molecule has 120 valence electrons. The summed E-state index contributed by atoms with van der Waals surface area (Å²) in [5.41, 5.74) is 6.05. The second-order valence-corrected chi connectivity index (χ2v) is 6.14. The van der Waals surface area contributed by atoms with Crippen molar-refractivity contribution in [3.05, 3.63) is 94.5 Å². The van der Waals surface area contributed by atoms with E-state index in [4.69, 9.17) is 4.74 Å². The third kappa shape index (κ3) is 4.96. The fraction of sp³-hybridized carbons (Fsp3) is 0.0500. The van der Waals surface area contributed by atoms with Gasteiger partial charge in [0.2, 0.25) is 0 Å². The number of hydrogen-bond acceptors (Lipinski definition) is 3. The quantitative estimate of drug-likeness (QED) is 0.454. The van der Waals surface area contributed by atoms with E-state index < -0.39 is 0 Å². The van der Waals surface area contributed by atoms with E-state index in [1.54, 1.807) is 6.21 Å². The van der Waals surface area contributed by atoms with Gasteiger partial charge >= 0.3 is 0 Å². The highest BCUT2D eigenvalue weighted by Crippen LogP contribution is 2.16. The average Bonchev–Trinajstić information content (AvgIpc) is 2.61. The van der Waals surface area contributed by atoms with Crippen LogP contribution in [0.5, 0.6) is 5.75 Å². The Labute approximate surface area is 150 Å². The molecule has 0 aliphatic rings. The minimum atomic E-state index is 0.530. The van der Waals surface area contributed by atoms with Crippen LogP contribution in [0.25, 0.3) is 0 Å². The summed E-state index contributed by atoms with van der Waals surface area (Å²) in [6.45, 7) is 0.530. The van der Waals surface area contributed by atoms with Crippen molar-refractivity contribution < 1.29 is 4.74 Å². The van der Waals surface area contributed by atoms with E-state index in [1.165, 1.54) is 0 Å². The van der Waals surface area contributed by atoms with Gasteiger partial charge in [-0.1, -0.05) is 58.4 Å². The maximum atomic E-state index is 5.85. The topological polar surface area (TPSA) is 33.6 Å². The smallest absolute Gasteiger partial charge is 0.120 e. The Balaban J connectivity index is 1.59. The summed E-state index contributed by atoms with van der Waals surface area (Å²) in [6.07, 6.45) is 1.78. The Hall–Kier alpha value is -2.59. The van der Waals surface area contributed by atoms with E-state index >= 15 is 0 Å². The second-order valence-electron chi connectivity index (χ2n) is 5.23. The van der Waals surface area contributed by atoms with Crippen LogP contribution in [0, 0.1) is 0 Å². The van der Waals surface area contributed by atoms with Gasteiger partial charge in [-0.25, -0.2) is 0 Å². The third-order valence-corrected chi connectivity index (χ3v) is 3.83. The predicted molar refractivity (Wildman–Crippen MR) is 103 cm³/mol. The number of nitrogens with one attached hydrogen (secondary N) is 1. The van der Waals surface area contributed by atoms with E-state index in [1.807, 2.05) is 72.8 Å². The van der Waals surface area contributed by atoms with Crippen molar-refractivity contribution in [1.29, 1.82) is 0 Å². The van der Waals surface area contributed by atoms with Crippen molar-refractivity contribution >= 4 is 27.8 Å². The maximum absolute atomic E-state index is 5.85. The fourth-order valence-corrected chi connectivity index (χ4v) is 2.62. The molecule has 24 heavy (non-hydrogen) atoms. The number of hydrogen-bond donors (Lipinski definition) is 1. The van der Waals surface area contributed by atoms with Crippen molar-refractivity contribution in [2.45, 2.75) is 6.61 Å². The number of para-hydroxylation sites is 1. The molecule has 4 heteroatoms.